The van der Waals surface area contributed by atoms with Crippen LogP contribution in [0.2, 0.25) is 5.02 Å². The van der Waals surface area contributed by atoms with E-state index < -0.39 is 14.9 Å². The van der Waals surface area contributed by atoms with Gasteiger partial charge in [-0.05, 0) is 31.4 Å². The maximum atomic E-state index is 12.3. The molecule has 1 aliphatic rings. The zero-order valence-corrected chi connectivity index (χ0v) is 14.0. The van der Waals surface area contributed by atoms with E-state index in [2.05, 4.69) is 4.72 Å². The lowest BCUT2D eigenvalue weighted by Gasteiger charge is -2.19. The summed E-state index contributed by atoms with van der Waals surface area (Å²) in [6, 6.07) is 3.09. The second kappa shape index (κ2) is 7.56. The van der Waals surface area contributed by atoms with E-state index in [1.807, 2.05) is 0 Å². The third-order valence-electron chi connectivity index (χ3n) is 3.68. The van der Waals surface area contributed by atoms with Crippen molar-refractivity contribution in [2.75, 3.05) is 6.54 Å². The van der Waals surface area contributed by atoms with E-state index in [0.717, 1.165) is 37.5 Å². The number of benzene rings is 1. The molecule has 7 nitrogen and oxygen atoms in total. The molecule has 2 rings (SSSR count). The van der Waals surface area contributed by atoms with Gasteiger partial charge in [-0.25, -0.2) is 13.1 Å². The van der Waals surface area contributed by atoms with Crippen LogP contribution in [-0.2, 0) is 10.0 Å². The second-order valence-electron chi connectivity index (χ2n) is 5.03. The van der Waals surface area contributed by atoms with Gasteiger partial charge >= 0.3 is 0 Å². The number of halogens is 2. The first-order valence-corrected chi connectivity index (χ1v) is 8.37. The minimum absolute atomic E-state index is 0. The Hall–Kier alpha value is -0.930. The molecule has 22 heavy (non-hydrogen) atoms. The summed E-state index contributed by atoms with van der Waals surface area (Å²) in [5, 5.41) is 10.5. The van der Waals surface area contributed by atoms with E-state index in [1.54, 1.807) is 0 Å². The van der Waals surface area contributed by atoms with Gasteiger partial charge in [0.15, 0.2) is 0 Å². The van der Waals surface area contributed by atoms with E-state index in [1.165, 1.54) is 0 Å². The van der Waals surface area contributed by atoms with Gasteiger partial charge in [0.1, 0.15) is 4.90 Å². The van der Waals surface area contributed by atoms with Crippen molar-refractivity contribution in [3.05, 3.63) is 33.3 Å². The van der Waals surface area contributed by atoms with Crippen LogP contribution in [0.1, 0.15) is 19.3 Å². The van der Waals surface area contributed by atoms with Gasteiger partial charge in [-0.1, -0.05) is 18.0 Å². The van der Waals surface area contributed by atoms with Crippen molar-refractivity contribution < 1.29 is 13.3 Å². The number of sulfonamides is 1. The summed E-state index contributed by atoms with van der Waals surface area (Å²) in [6.07, 6.45) is 2.53. The molecule has 0 bridgehead atoms. The summed E-state index contributed by atoms with van der Waals surface area (Å²) in [6.45, 7) is 0.418. The van der Waals surface area contributed by atoms with Gasteiger partial charge < -0.3 is 5.73 Å². The summed E-state index contributed by atoms with van der Waals surface area (Å²) in [7, 11) is -3.82. The van der Waals surface area contributed by atoms with E-state index >= 15 is 0 Å². The quantitative estimate of drug-likeness (QED) is 0.608. The van der Waals surface area contributed by atoms with Crippen LogP contribution in [0.25, 0.3) is 0 Å². The first-order valence-electron chi connectivity index (χ1n) is 6.51. The Labute approximate surface area is 139 Å². The zero-order valence-electron chi connectivity index (χ0n) is 11.6. The summed E-state index contributed by atoms with van der Waals surface area (Å²) in [5.41, 5.74) is 5.38. The van der Waals surface area contributed by atoms with E-state index in [4.69, 9.17) is 17.3 Å². The fourth-order valence-electron chi connectivity index (χ4n) is 2.56. The molecule has 10 heteroatoms. The normalized spacial score (nSPS) is 21.4. The van der Waals surface area contributed by atoms with Gasteiger partial charge in [0.05, 0.1) is 9.95 Å². The molecule has 2 atom stereocenters. The molecule has 1 fully saturated rings. The highest BCUT2D eigenvalue weighted by Crippen LogP contribution is 2.29. The standard InChI is InChI=1S/C12H16ClN3O4S.ClH/c13-10-6-9(16(17)18)4-5-12(10)21(19,20)15-11-3-1-2-8(11)7-14;/h4-6,8,11,15H,1-3,7,14H2;1H. The Kier molecular flexibility index (Phi) is 6.57. The molecule has 0 radical (unpaired) electrons. The fourth-order valence-corrected chi connectivity index (χ4v) is 4.44. The maximum absolute atomic E-state index is 12.3. The van der Waals surface area contributed by atoms with Crippen LogP contribution in [0.4, 0.5) is 5.69 Å². The Morgan fingerprint density at radius 3 is 2.64 bits per heavy atom. The Morgan fingerprint density at radius 2 is 2.09 bits per heavy atom. The second-order valence-corrected chi connectivity index (χ2v) is 7.12. The smallest absolute Gasteiger partial charge is 0.271 e. The molecule has 1 aromatic carbocycles. The van der Waals surface area contributed by atoms with Crippen molar-refractivity contribution in [1.82, 2.24) is 4.72 Å². The van der Waals surface area contributed by atoms with Gasteiger partial charge in [0, 0.05) is 18.2 Å². The monoisotopic (exact) mass is 369 g/mol. The lowest BCUT2D eigenvalue weighted by Crippen LogP contribution is -2.39. The van der Waals surface area contributed by atoms with Crippen LogP contribution in [0.5, 0.6) is 0 Å². The summed E-state index contributed by atoms with van der Waals surface area (Å²) in [4.78, 5) is 9.86. The van der Waals surface area contributed by atoms with Gasteiger partial charge in [-0.2, -0.15) is 0 Å². The Bertz CT molecular complexity index is 654. The highest BCUT2D eigenvalue weighted by molar-refractivity contribution is 7.89. The van der Waals surface area contributed by atoms with E-state index in [-0.39, 0.29) is 40.0 Å². The molecule has 0 amide bonds. The number of rotatable bonds is 5. The molecular weight excluding hydrogens is 353 g/mol. The molecule has 0 aromatic heterocycles. The first-order chi connectivity index (χ1) is 9.85. The van der Waals surface area contributed by atoms with E-state index in [9.17, 15) is 18.5 Å². The van der Waals surface area contributed by atoms with Crippen LogP contribution < -0.4 is 10.5 Å². The number of nitrogens with one attached hydrogen (secondary N) is 1. The Morgan fingerprint density at radius 1 is 1.41 bits per heavy atom. The van der Waals surface area contributed by atoms with Gasteiger partial charge in [0.25, 0.3) is 5.69 Å². The third-order valence-corrected chi connectivity index (χ3v) is 5.66. The van der Waals surface area contributed by atoms with Crippen molar-refractivity contribution in [2.45, 2.75) is 30.2 Å². The van der Waals surface area contributed by atoms with Crippen molar-refractivity contribution in [2.24, 2.45) is 11.7 Å². The molecular formula is C12H17Cl2N3O4S. The average Bonchev–Trinajstić information content (AvgIpc) is 2.84. The zero-order chi connectivity index (χ0) is 15.6. The number of nitro groups is 1. The molecule has 124 valence electrons. The molecule has 0 aliphatic heterocycles. The Balaban J connectivity index is 0.00000242. The highest BCUT2D eigenvalue weighted by Gasteiger charge is 2.31. The molecule has 1 aromatic rings. The van der Waals surface area contributed by atoms with Crippen molar-refractivity contribution in [3.63, 3.8) is 0 Å². The van der Waals surface area contributed by atoms with Crippen molar-refractivity contribution in [1.29, 1.82) is 0 Å². The largest absolute Gasteiger partial charge is 0.330 e. The van der Waals surface area contributed by atoms with Crippen LogP contribution >= 0.6 is 24.0 Å². The molecule has 1 aliphatic carbocycles. The summed E-state index contributed by atoms with van der Waals surface area (Å²) in [5.74, 6) is 0.108. The van der Waals surface area contributed by atoms with E-state index in [0.29, 0.717) is 6.54 Å². The molecule has 0 saturated heterocycles. The number of nitrogens with two attached hydrogens (primary N) is 1. The molecule has 0 spiro atoms. The highest BCUT2D eigenvalue weighted by atomic mass is 35.5. The predicted molar refractivity (Wildman–Crippen MR) is 85.9 cm³/mol. The number of nitrogens with zero attached hydrogens (tertiary/aromatic N) is 1. The summed E-state index contributed by atoms with van der Waals surface area (Å²) >= 11 is 5.87. The van der Waals surface area contributed by atoms with Crippen LogP contribution in [0, 0.1) is 16.0 Å². The minimum Gasteiger partial charge on any atom is -0.330 e. The third kappa shape index (κ3) is 4.08. The van der Waals surface area contributed by atoms with Crippen LogP contribution in [0.3, 0.4) is 0 Å². The topological polar surface area (TPSA) is 115 Å². The lowest BCUT2D eigenvalue weighted by atomic mass is 10.1. The number of hydrogen-bond acceptors (Lipinski definition) is 5. The lowest BCUT2D eigenvalue weighted by molar-refractivity contribution is -0.384. The van der Waals surface area contributed by atoms with Crippen molar-refractivity contribution in [3.8, 4) is 0 Å². The maximum Gasteiger partial charge on any atom is 0.271 e. The predicted octanol–water partition coefficient (Wildman–Crippen LogP) is 2.08. The molecule has 3 N–H and O–H groups in total. The number of non-ortho nitro benzene ring substituents is 1. The minimum atomic E-state index is -3.82. The van der Waals surface area contributed by atoms with Crippen molar-refractivity contribution >= 4 is 39.7 Å². The van der Waals surface area contributed by atoms with Gasteiger partial charge in [-0.15, -0.1) is 12.4 Å². The number of nitro benzene ring substituents is 1. The molecule has 1 saturated carbocycles. The van der Waals surface area contributed by atoms with Gasteiger partial charge in [0.2, 0.25) is 10.0 Å². The number of hydrogen-bond donors (Lipinski definition) is 2. The average molecular weight is 370 g/mol. The first kappa shape index (κ1) is 19.1. The van der Waals surface area contributed by atoms with Crippen LogP contribution in [-0.4, -0.2) is 25.9 Å². The summed E-state index contributed by atoms with van der Waals surface area (Å²) < 4.78 is 27.3. The SMILES string of the molecule is Cl.NCC1CCCC1NS(=O)(=O)c1ccc([N+](=O)[O-])cc1Cl. The van der Waals surface area contributed by atoms with Gasteiger partial charge in [-0.3, -0.25) is 10.1 Å². The molecule has 0 heterocycles. The fraction of sp³-hybridized carbons (Fsp3) is 0.500. The van der Waals surface area contributed by atoms with Crippen LogP contribution in [0.15, 0.2) is 23.1 Å². The molecule has 2 unspecified atom stereocenters.